The molecule has 2 aromatic heterocycles. The number of aryl methyl sites for hydroxylation is 4. The highest BCUT2D eigenvalue weighted by molar-refractivity contribution is 5.96. The van der Waals surface area contributed by atoms with Crippen LogP contribution in [0.3, 0.4) is 0 Å². The Labute approximate surface area is 112 Å². The maximum Gasteiger partial charge on any atom is 0.255 e. The second-order valence-corrected chi connectivity index (χ2v) is 4.62. The van der Waals surface area contributed by atoms with Crippen molar-refractivity contribution < 1.29 is 4.79 Å². The Morgan fingerprint density at radius 1 is 1.47 bits per heavy atom. The molecule has 0 fully saturated rings. The largest absolute Gasteiger partial charge is 0.348 e. The number of nitrogens with one attached hydrogen (secondary N) is 2. The van der Waals surface area contributed by atoms with E-state index in [1.165, 1.54) is 0 Å². The number of nitrogens with zero attached hydrogens (tertiary/aromatic N) is 3. The van der Waals surface area contributed by atoms with Gasteiger partial charge in [-0.25, -0.2) is 0 Å². The lowest BCUT2D eigenvalue weighted by atomic mass is 10.1. The Kier molecular flexibility index (Phi) is 3.69. The third-order valence-electron chi connectivity index (χ3n) is 3.12. The number of carbonyl (C=O) groups is 1. The summed E-state index contributed by atoms with van der Waals surface area (Å²) in [7, 11) is 1.88. The first-order valence-electron chi connectivity index (χ1n) is 6.34. The number of hydrogen-bond donors (Lipinski definition) is 2. The van der Waals surface area contributed by atoms with E-state index >= 15 is 0 Å². The maximum atomic E-state index is 12.1. The van der Waals surface area contributed by atoms with Crippen LogP contribution < -0.4 is 5.32 Å². The molecule has 0 aliphatic carbocycles. The van der Waals surface area contributed by atoms with E-state index in [-0.39, 0.29) is 5.91 Å². The molecular weight excluding hydrogens is 242 g/mol. The number of aromatic nitrogens is 4. The van der Waals surface area contributed by atoms with Crippen molar-refractivity contribution in [3.63, 3.8) is 0 Å². The van der Waals surface area contributed by atoms with Crippen molar-refractivity contribution in [2.75, 3.05) is 0 Å². The average molecular weight is 261 g/mol. The zero-order valence-corrected chi connectivity index (χ0v) is 11.7. The first-order chi connectivity index (χ1) is 9.02. The van der Waals surface area contributed by atoms with Gasteiger partial charge in [-0.1, -0.05) is 6.92 Å². The van der Waals surface area contributed by atoms with Crippen LogP contribution in [-0.4, -0.2) is 25.9 Å². The molecule has 6 heteroatoms. The molecule has 102 valence electrons. The lowest BCUT2D eigenvalue weighted by molar-refractivity contribution is 0.0949. The minimum Gasteiger partial charge on any atom is -0.348 e. The fourth-order valence-corrected chi connectivity index (χ4v) is 2.18. The van der Waals surface area contributed by atoms with Crippen LogP contribution in [0.5, 0.6) is 0 Å². The fourth-order valence-electron chi connectivity index (χ4n) is 2.18. The number of rotatable bonds is 4. The van der Waals surface area contributed by atoms with Crippen molar-refractivity contribution in [1.29, 1.82) is 0 Å². The SMILES string of the molecule is CCc1nn(C)cc1CNC(=O)c1c(C)n[nH]c1C. The van der Waals surface area contributed by atoms with E-state index in [0.717, 1.165) is 29.1 Å². The van der Waals surface area contributed by atoms with Crippen LogP contribution in [0, 0.1) is 13.8 Å². The average Bonchev–Trinajstić information content (AvgIpc) is 2.89. The highest BCUT2D eigenvalue weighted by Gasteiger charge is 2.15. The molecule has 0 radical (unpaired) electrons. The molecule has 2 N–H and O–H groups in total. The van der Waals surface area contributed by atoms with Crippen LogP contribution in [0.2, 0.25) is 0 Å². The second kappa shape index (κ2) is 5.26. The fraction of sp³-hybridized carbons (Fsp3) is 0.462. The van der Waals surface area contributed by atoms with Crippen molar-refractivity contribution in [2.24, 2.45) is 7.05 Å². The standard InChI is InChI=1S/C13H19N5O/c1-5-11-10(7-18(4)17-11)6-14-13(19)12-8(2)15-16-9(12)3/h7H,5-6H2,1-4H3,(H,14,19)(H,15,16). The molecule has 0 atom stereocenters. The molecule has 0 spiro atoms. The lowest BCUT2D eigenvalue weighted by Crippen LogP contribution is -2.24. The van der Waals surface area contributed by atoms with Gasteiger partial charge in [0.05, 0.1) is 17.0 Å². The zero-order valence-electron chi connectivity index (χ0n) is 11.7. The highest BCUT2D eigenvalue weighted by atomic mass is 16.1. The molecule has 6 nitrogen and oxygen atoms in total. The molecule has 0 aromatic carbocycles. The van der Waals surface area contributed by atoms with E-state index in [4.69, 9.17) is 0 Å². The molecule has 2 rings (SSSR count). The Morgan fingerprint density at radius 2 is 2.21 bits per heavy atom. The highest BCUT2D eigenvalue weighted by Crippen LogP contribution is 2.11. The van der Waals surface area contributed by atoms with Crippen LogP contribution in [-0.2, 0) is 20.0 Å². The second-order valence-electron chi connectivity index (χ2n) is 4.62. The maximum absolute atomic E-state index is 12.1. The van der Waals surface area contributed by atoms with Gasteiger partial charge in [-0.15, -0.1) is 0 Å². The summed E-state index contributed by atoms with van der Waals surface area (Å²) < 4.78 is 1.77. The molecule has 0 saturated carbocycles. The predicted octanol–water partition coefficient (Wildman–Crippen LogP) is 1.25. The molecule has 19 heavy (non-hydrogen) atoms. The third kappa shape index (κ3) is 2.67. The van der Waals surface area contributed by atoms with Gasteiger partial charge in [0.25, 0.3) is 5.91 Å². The predicted molar refractivity (Wildman–Crippen MR) is 71.8 cm³/mol. The first-order valence-corrected chi connectivity index (χ1v) is 6.34. The third-order valence-corrected chi connectivity index (χ3v) is 3.12. The number of aromatic amines is 1. The van der Waals surface area contributed by atoms with Gasteiger partial charge in [0.15, 0.2) is 0 Å². The summed E-state index contributed by atoms with van der Waals surface area (Å²) in [4.78, 5) is 12.1. The van der Waals surface area contributed by atoms with Crippen molar-refractivity contribution in [3.8, 4) is 0 Å². The van der Waals surface area contributed by atoms with Crippen molar-refractivity contribution in [2.45, 2.75) is 33.7 Å². The topological polar surface area (TPSA) is 75.6 Å². The number of carbonyl (C=O) groups excluding carboxylic acids is 1. The molecule has 2 heterocycles. The zero-order chi connectivity index (χ0) is 14.0. The molecule has 0 saturated heterocycles. The smallest absolute Gasteiger partial charge is 0.255 e. The van der Waals surface area contributed by atoms with Crippen LogP contribution in [0.1, 0.15) is 39.9 Å². The molecular formula is C13H19N5O. The van der Waals surface area contributed by atoms with Gasteiger partial charge in [0.1, 0.15) is 0 Å². The van der Waals surface area contributed by atoms with Crippen LogP contribution in [0.15, 0.2) is 6.20 Å². The van der Waals surface area contributed by atoms with Crippen molar-refractivity contribution >= 4 is 5.91 Å². The van der Waals surface area contributed by atoms with Crippen molar-refractivity contribution in [1.82, 2.24) is 25.3 Å². The van der Waals surface area contributed by atoms with E-state index in [0.29, 0.717) is 12.1 Å². The molecule has 0 bridgehead atoms. The van der Waals surface area contributed by atoms with Crippen molar-refractivity contribution in [3.05, 3.63) is 34.4 Å². The van der Waals surface area contributed by atoms with Gasteiger partial charge in [-0.2, -0.15) is 10.2 Å². The summed E-state index contributed by atoms with van der Waals surface area (Å²) in [5.74, 6) is -0.102. The minimum atomic E-state index is -0.102. The number of H-pyrrole nitrogens is 1. The van der Waals surface area contributed by atoms with E-state index in [1.807, 2.05) is 27.1 Å². The molecule has 0 unspecified atom stereocenters. The normalized spacial score (nSPS) is 10.7. The van der Waals surface area contributed by atoms with Gasteiger partial charge >= 0.3 is 0 Å². The first kappa shape index (κ1) is 13.3. The van der Waals surface area contributed by atoms with E-state index < -0.39 is 0 Å². The van der Waals surface area contributed by atoms with Gasteiger partial charge in [-0.3, -0.25) is 14.6 Å². The summed E-state index contributed by atoms with van der Waals surface area (Å²) in [6, 6.07) is 0. The van der Waals surface area contributed by atoms with Crippen LogP contribution in [0.25, 0.3) is 0 Å². The van der Waals surface area contributed by atoms with Crippen LogP contribution in [0.4, 0.5) is 0 Å². The Balaban J connectivity index is 2.08. The summed E-state index contributed by atoms with van der Waals surface area (Å²) in [5.41, 5.74) is 4.20. The molecule has 0 aliphatic rings. The Bertz CT molecular complexity index is 577. The van der Waals surface area contributed by atoms with Gasteiger partial charge in [0.2, 0.25) is 0 Å². The van der Waals surface area contributed by atoms with E-state index in [1.54, 1.807) is 4.68 Å². The van der Waals surface area contributed by atoms with Crippen LogP contribution >= 0.6 is 0 Å². The van der Waals surface area contributed by atoms with Gasteiger partial charge < -0.3 is 5.32 Å². The van der Waals surface area contributed by atoms with Gasteiger partial charge in [-0.05, 0) is 20.3 Å². The number of amides is 1. The quantitative estimate of drug-likeness (QED) is 0.869. The van der Waals surface area contributed by atoms with E-state index in [9.17, 15) is 4.79 Å². The van der Waals surface area contributed by atoms with Gasteiger partial charge in [0, 0.05) is 31.0 Å². The summed E-state index contributed by atoms with van der Waals surface area (Å²) in [5, 5.41) is 14.1. The Hall–Kier alpha value is -2.11. The monoisotopic (exact) mass is 261 g/mol. The number of hydrogen-bond acceptors (Lipinski definition) is 3. The summed E-state index contributed by atoms with van der Waals surface area (Å²) in [6.45, 7) is 6.20. The summed E-state index contributed by atoms with van der Waals surface area (Å²) in [6.07, 6.45) is 2.80. The summed E-state index contributed by atoms with van der Waals surface area (Å²) >= 11 is 0. The molecule has 0 aliphatic heterocycles. The lowest BCUT2D eigenvalue weighted by Gasteiger charge is -2.05. The van der Waals surface area contributed by atoms with E-state index in [2.05, 4.69) is 27.5 Å². The minimum absolute atomic E-state index is 0.102. The Morgan fingerprint density at radius 3 is 2.79 bits per heavy atom. The molecule has 2 aromatic rings. The molecule has 1 amide bonds.